The number of nitrogens with zero attached hydrogens (tertiary/aromatic N) is 1. The van der Waals surface area contributed by atoms with Gasteiger partial charge < -0.3 is 4.74 Å². The molecule has 3 aromatic carbocycles. The van der Waals surface area contributed by atoms with Crippen LogP contribution in [0.25, 0.3) is 22.0 Å². The lowest BCUT2D eigenvalue weighted by molar-refractivity contribution is -0.136. The molecule has 0 unspecified atom stereocenters. The van der Waals surface area contributed by atoms with E-state index in [1.807, 2.05) is 0 Å². The van der Waals surface area contributed by atoms with Crippen LogP contribution in [-0.2, 0) is 6.18 Å². The Labute approximate surface area is 170 Å². The molecule has 0 saturated heterocycles. The molecule has 30 heavy (non-hydrogen) atoms. The second kappa shape index (κ2) is 7.63. The van der Waals surface area contributed by atoms with Crippen molar-refractivity contribution in [2.24, 2.45) is 0 Å². The lowest BCUT2D eigenvalue weighted by atomic mass is 9.91. The van der Waals surface area contributed by atoms with Crippen molar-refractivity contribution < 1.29 is 22.7 Å². The molecular weight excluding hydrogens is 391 g/mol. The Balaban J connectivity index is 2.02. The maximum absolute atomic E-state index is 13.5. The molecule has 0 aliphatic rings. The maximum atomic E-state index is 13.5. The summed E-state index contributed by atoms with van der Waals surface area (Å²) in [5, 5.41) is 0.268. The molecule has 4 aromatic rings. The summed E-state index contributed by atoms with van der Waals surface area (Å²) in [4.78, 5) is 17.4. The highest BCUT2D eigenvalue weighted by atomic mass is 19.4. The predicted molar refractivity (Wildman–Crippen MR) is 109 cm³/mol. The summed E-state index contributed by atoms with van der Waals surface area (Å²) in [5.74, 6) is 0.162. The van der Waals surface area contributed by atoms with Gasteiger partial charge in [-0.05, 0) is 23.8 Å². The van der Waals surface area contributed by atoms with Crippen molar-refractivity contribution in [2.45, 2.75) is 6.18 Å². The van der Waals surface area contributed by atoms with E-state index in [9.17, 15) is 18.0 Å². The van der Waals surface area contributed by atoms with Crippen molar-refractivity contribution in [1.29, 1.82) is 0 Å². The summed E-state index contributed by atoms with van der Waals surface area (Å²) in [6, 6.07) is 19.4. The monoisotopic (exact) mass is 407 g/mol. The van der Waals surface area contributed by atoms with Crippen molar-refractivity contribution in [2.75, 3.05) is 7.11 Å². The number of methoxy groups -OCH3 is 1. The summed E-state index contributed by atoms with van der Waals surface area (Å²) in [5.41, 5.74) is 0.611. The Morgan fingerprint density at radius 1 is 0.933 bits per heavy atom. The third-order valence-electron chi connectivity index (χ3n) is 4.84. The fraction of sp³-hybridized carbons (Fsp3) is 0.0833. The van der Waals surface area contributed by atoms with E-state index in [0.29, 0.717) is 22.4 Å². The number of halogens is 3. The molecule has 0 spiro atoms. The van der Waals surface area contributed by atoms with Crippen molar-refractivity contribution >= 4 is 16.7 Å². The zero-order valence-corrected chi connectivity index (χ0v) is 15.9. The van der Waals surface area contributed by atoms with Crippen molar-refractivity contribution in [3.05, 3.63) is 95.7 Å². The largest absolute Gasteiger partial charge is 0.497 e. The number of fused-ring (bicyclic) bond motifs is 1. The smallest absolute Gasteiger partial charge is 0.418 e. The average molecular weight is 407 g/mol. The quantitative estimate of drug-likeness (QED) is 0.380. The lowest BCUT2D eigenvalue weighted by Gasteiger charge is -2.16. The second-order valence-electron chi connectivity index (χ2n) is 6.67. The Morgan fingerprint density at radius 3 is 2.37 bits per heavy atom. The number of carbonyl (C=O) groups is 1. The van der Waals surface area contributed by atoms with Crippen LogP contribution in [0.4, 0.5) is 13.2 Å². The number of carbonyl (C=O) groups excluding carboxylic acids is 1. The minimum Gasteiger partial charge on any atom is -0.497 e. The molecule has 0 atom stereocenters. The third-order valence-corrected chi connectivity index (χ3v) is 4.84. The summed E-state index contributed by atoms with van der Waals surface area (Å²) in [6.45, 7) is 0. The fourth-order valence-electron chi connectivity index (χ4n) is 3.46. The van der Waals surface area contributed by atoms with Gasteiger partial charge in [0.25, 0.3) is 0 Å². The Hall–Kier alpha value is -3.67. The van der Waals surface area contributed by atoms with Crippen molar-refractivity contribution in [1.82, 2.24) is 4.98 Å². The molecule has 0 bridgehead atoms. The van der Waals surface area contributed by atoms with Crippen molar-refractivity contribution in [3.63, 3.8) is 0 Å². The van der Waals surface area contributed by atoms with E-state index in [-0.39, 0.29) is 22.2 Å². The van der Waals surface area contributed by atoms with Gasteiger partial charge in [0.1, 0.15) is 5.75 Å². The molecule has 0 radical (unpaired) electrons. The molecule has 0 aliphatic carbocycles. The van der Waals surface area contributed by atoms with Gasteiger partial charge in [0.2, 0.25) is 0 Å². The predicted octanol–water partition coefficient (Wildman–Crippen LogP) is 6.16. The Morgan fingerprint density at radius 2 is 1.67 bits per heavy atom. The molecule has 1 heterocycles. The molecule has 0 fully saturated rings. The molecule has 4 rings (SSSR count). The first-order valence-corrected chi connectivity index (χ1v) is 9.13. The number of benzene rings is 3. The van der Waals surface area contributed by atoms with Gasteiger partial charge in [-0.15, -0.1) is 0 Å². The van der Waals surface area contributed by atoms with Gasteiger partial charge in [-0.3, -0.25) is 9.78 Å². The molecule has 3 nitrogen and oxygen atoms in total. The Kier molecular flexibility index (Phi) is 4.99. The summed E-state index contributed by atoms with van der Waals surface area (Å²) in [6.07, 6.45) is -3.33. The molecule has 0 amide bonds. The Bertz CT molecular complexity index is 1230. The topological polar surface area (TPSA) is 39.2 Å². The number of pyridine rings is 1. The lowest BCUT2D eigenvalue weighted by Crippen LogP contribution is -2.09. The van der Waals surface area contributed by atoms with E-state index in [1.54, 1.807) is 60.7 Å². The third kappa shape index (κ3) is 3.52. The maximum Gasteiger partial charge on any atom is 0.418 e. The van der Waals surface area contributed by atoms with Gasteiger partial charge in [-0.2, -0.15) is 13.2 Å². The van der Waals surface area contributed by atoms with Crippen LogP contribution in [0.5, 0.6) is 5.75 Å². The fourth-order valence-corrected chi connectivity index (χ4v) is 3.46. The van der Waals surface area contributed by atoms with Crippen LogP contribution in [0.3, 0.4) is 0 Å². The van der Waals surface area contributed by atoms with E-state index in [4.69, 9.17) is 4.74 Å². The minimum absolute atomic E-state index is 0.189. The van der Waals surface area contributed by atoms with Crippen LogP contribution in [0.2, 0.25) is 0 Å². The highest BCUT2D eigenvalue weighted by molar-refractivity contribution is 6.16. The van der Waals surface area contributed by atoms with Crippen LogP contribution in [-0.4, -0.2) is 17.9 Å². The van der Waals surface area contributed by atoms with Gasteiger partial charge >= 0.3 is 6.18 Å². The first-order valence-electron chi connectivity index (χ1n) is 9.13. The summed E-state index contributed by atoms with van der Waals surface area (Å²) < 4.78 is 45.8. The molecule has 0 N–H and O–H groups in total. The second-order valence-corrected chi connectivity index (χ2v) is 6.67. The number of alkyl halides is 3. The van der Waals surface area contributed by atoms with Gasteiger partial charge in [0.15, 0.2) is 5.78 Å². The summed E-state index contributed by atoms with van der Waals surface area (Å²) in [7, 11) is 1.50. The van der Waals surface area contributed by atoms with Crippen molar-refractivity contribution in [3.8, 4) is 16.9 Å². The van der Waals surface area contributed by atoms with Gasteiger partial charge in [-0.25, -0.2) is 0 Å². The summed E-state index contributed by atoms with van der Waals surface area (Å²) >= 11 is 0. The van der Waals surface area contributed by atoms with Gasteiger partial charge in [-0.1, -0.05) is 54.6 Å². The SMILES string of the molecule is COc1cccc(C(=O)c2cnc3c(C(F)(F)F)cccc3c2-c2ccccc2)c1. The average Bonchev–Trinajstić information content (AvgIpc) is 2.77. The number of ether oxygens (including phenoxy) is 1. The first-order chi connectivity index (χ1) is 14.4. The van der Waals surface area contributed by atoms with Gasteiger partial charge in [0, 0.05) is 28.3 Å². The first kappa shape index (κ1) is 19.6. The molecule has 0 saturated carbocycles. The number of hydrogen-bond donors (Lipinski definition) is 0. The highest BCUT2D eigenvalue weighted by Gasteiger charge is 2.34. The zero-order valence-electron chi connectivity index (χ0n) is 15.9. The molecule has 0 aliphatic heterocycles. The van der Waals surface area contributed by atoms with E-state index in [2.05, 4.69) is 4.98 Å². The molecule has 1 aromatic heterocycles. The number of hydrogen-bond acceptors (Lipinski definition) is 3. The van der Waals surface area contributed by atoms with Crippen LogP contribution >= 0.6 is 0 Å². The standard InChI is InChI=1S/C24H16F3NO2/c1-30-17-10-5-9-16(13-17)23(29)19-14-28-22-18(11-6-12-20(22)24(25,26)27)21(19)15-7-3-2-4-8-15/h2-14H,1H3. The van der Waals surface area contributed by atoms with E-state index in [1.165, 1.54) is 19.4 Å². The molecular formula is C24H16F3NO2. The number of ketones is 1. The molecule has 6 heteroatoms. The van der Waals surface area contributed by atoms with Crippen LogP contribution in [0.15, 0.2) is 79.0 Å². The normalized spacial score (nSPS) is 11.5. The van der Waals surface area contributed by atoms with Crippen LogP contribution in [0.1, 0.15) is 21.5 Å². The zero-order chi connectivity index (χ0) is 21.3. The van der Waals surface area contributed by atoms with E-state index in [0.717, 1.165) is 6.07 Å². The van der Waals surface area contributed by atoms with E-state index >= 15 is 0 Å². The number of rotatable bonds is 4. The number of aromatic nitrogens is 1. The molecule has 150 valence electrons. The minimum atomic E-state index is -4.56. The highest BCUT2D eigenvalue weighted by Crippen LogP contribution is 2.39. The van der Waals surface area contributed by atoms with Gasteiger partial charge in [0.05, 0.1) is 18.2 Å². The van der Waals surface area contributed by atoms with E-state index < -0.39 is 11.7 Å². The van der Waals surface area contributed by atoms with Crippen LogP contribution in [0, 0.1) is 0 Å². The number of para-hydroxylation sites is 1. The van der Waals surface area contributed by atoms with Crippen LogP contribution < -0.4 is 4.74 Å².